The zero-order valence-electron chi connectivity index (χ0n) is 13.8. The molecule has 0 aromatic carbocycles. The van der Waals surface area contributed by atoms with E-state index in [0.717, 1.165) is 12.8 Å². The topological polar surface area (TPSA) is 72.5 Å². The lowest BCUT2D eigenvalue weighted by Gasteiger charge is -2.08. The smallest absolute Gasteiger partial charge is 0.432 e. The quantitative estimate of drug-likeness (QED) is 0.318. The number of hydrogen-bond acceptors (Lipinski definition) is 7. The molecule has 0 aliphatic carbocycles. The Bertz CT molecular complexity index is 236. The Morgan fingerprint density at radius 2 is 1.09 bits per heavy atom. The molecule has 0 saturated carbocycles. The van der Waals surface area contributed by atoms with Crippen molar-refractivity contribution in [2.24, 2.45) is 0 Å². The zero-order valence-corrected chi connectivity index (χ0v) is 13.8. The maximum absolute atomic E-state index is 11.2. The van der Waals surface area contributed by atoms with E-state index >= 15 is 0 Å². The molecule has 0 heterocycles. The third-order valence-corrected chi connectivity index (χ3v) is 2.49. The second kappa shape index (κ2) is 18.2. The van der Waals surface area contributed by atoms with Crippen LogP contribution < -0.4 is 0 Å². The van der Waals surface area contributed by atoms with Gasteiger partial charge in [0.2, 0.25) is 0 Å². The molecule has 22 heavy (non-hydrogen) atoms. The summed E-state index contributed by atoms with van der Waals surface area (Å²) in [5, 5.41) is 0. The standard InChI is InChI=1S/C15H30O7/c1-3-5-6-18-11-13-21-15(16)22-14-12-20-10-9-19-8-7-17-4-2/h3-14H2,1-2H3. The molecular formula is C15H30O7. The summed E-state index contributed by atoms with van der Waals surface area (Å²) in [5.74, 6) is 0. The number of carbonyl (C=O) groups is 1. The fourth-order valence-corrected chi connectivity index (χ4v) is 1.34. The van der Waals surface area contributed by atoms with E-state index in [1.807, 2.05) is 6.92 Å². The van der Waals surface area contributed by atoms with Crippen LogP contribution in [0, 0.1) is 0 Å². The van der Waals surface area contributed by atoms with Crippen LogP contribution in [0.4, 0.5) is 4.79 Å². The molecule has 132 valence electrons. The van der Waals surface area contributed by atoms with Gasteiger partial charge in [0.25, 0.3) is 0 Å². The highest BCUT2D eigenvalue weighted by Gasteiger charge is 2.03. The van der Waals surface area contributed by atoms with E-state index in [1.165, 1.54) is 0 Å². The van der Waals surface area contributed by atoms with Gasteiger partial charge < -0.3 is 28.4 Å². The van der Waals surface area contributed by atoms with E-state index in [9.17, 15) is 4.79 Å². The summed E-state index contributed by atoms with van der Waals surface area (Å²) in [7, 11) is 0. The minimum absolute atomic E-state index is 0.161. The average molecular weight is 322 g/mol. The van der Waals surface area contributed by atoms with Crippen molar-refractivity contribution >= 4 is 6.16 Å². The highest BCUT2D eigenvalue weighted by molar-refractivity contribution is 5.59. The lowest BCUT2D eigenvalue weighted by Crippen LogP contribution is -2.16. The number of carbonyl (C=O) groups excluding carboxylic acids is 1. The molecule has 0 aromatic rings. The van der Waals surface area contributed by atoms with Gasteiger partial charge in [-0.3, -0.25) is 0 Å². The molecule has 0 saturated heterocycles. The largest absolute Gasteiger partial charge is 0.508 e. The van der Waals surface area contributed by atoms with Gasteiger partial charge in [-0.15, -0.1) is 0 Å². The van der Waals surface area contributed by atoms with Gasteiger partial charge in [-0.25, -0.2) is 4.79 Å². The molecule has 7 heteroatoms. The normalized spacial score (nSPS) is 10.6. The van der Waals surface area contributed by atoms with Gasteiger partial charge in [-0.1, -0.05) is 13.3 Å². The van der Waals surface area contributed by atoms with Gasteiger partial charge in [-0.05, 0) is 13.3 Å². The first-order valence-electron chi connectivity index (χ1n) is 7.91. The van der Waals surface area contributed by atoms with Crippen LogP contribution in [0.2, 0.25) is 0 Å². The second-order valence-electron chi connectivity index (χ2n) is 4.33. The Balaban J connectivity index is 3.12. The van der Waals surface area contributed by atoms with Gasteiger partial charge in [0.15, 0.2) is 0 Å². The Kier molecular flexibility index (Phi) is 17.4. The Labute approximate surface area is 133 Å². The highest BCUT2D eigenvalue weighted by atomic mass is 16.7. The van der Waals surface area contributed by atoms with Crippen molar-refractivity contribution in [2.75, 3.05) is 66.1 Å². The maximum Gasteiger partial charge on any atom is 0.508 e. The van der Waals surface area contributed by atoms with Gasteiger partial charge in [0, 0.05) is 13.2 Å². The Morgan fingerprint density at radius 3 is 1.59 bits per heavy atom. The van der Waals surface area contributed by atoms with E-state index in [-0.39, 0.29) is 13.2 Å². The molecular weight excluding hydrogens is 292 g/mol. The van der Waals surface area contributed by atoms with Crippen LogP contribution in [0.3, 0.4) is 0 Å². The number of ether oxygens (including phenoxy) is 6. The summed E-state index contributed by atoms with van der Waals surface area (Å²) in [6.45, 7) is 8.58. The van der Waals surface area contributed by atoms with Crippen molar-refractivity contribution in [1.82, 2.24) is 0 Å². The molecule has 7 nitrogen and oxygen atoms in total. The predicted octanol–water partition coefficient (Wildman–Crippen LogP) is 2.03. The predicted molar refractivity (Wildman–Crippen MR) is 81.2 cm³/mol. The summed E-state index contributed by atoms with van der Waals surface area (Å²) < 4.78 is 30.5. The zero-order chi connectivity index (χ0) is 16.3. The van der Waals surface area contributed by atoms with Crippen LogP contribution >= 0.6 is 0 Å². The lowest BCUT2D eigenvalue weighted by atomic mass is 10.4. The molecule has 0 aliphatic heterocycles. The molecule has 0 unspecified atom stereocenters. The van der Waals surface area contributed by atoms with Gasteiger partial charge in [-0.2, -0.15) is 0 Å². The first-order chi connectivity index (χ1) is 10.8. The Morgan fingerprint density at radius 1 is 0.636 bits per heavy atom. The number of unbranched alkanes of at least 4 members (excludes halogenated alkanes) is 1. The van der Waals surface area contributed by atoms with Gasteiger partial charge >= 0.3 is 6.16 Å². The fourth-order valence-electron chi connectivity index (χ4n) is 1.34. The van der Waals surface area contributed by atoms with Crippen LogP contribution in [-0.2, 0) is 28.4 Å². The summed E-state index contributed by atoms with van der Waals surface area (Å²) >= 11 is 0. The number of rotatable bonds is 16. The van der Waals surface area contributed by atoms with Gasteiger partial charge in [0.05, 0.1) is 39.6 Å². The van der Waals surface area contributed by atoms with E-state index < -0.39 is 6.16 Å². The van der Waals surface area contributed by atoms with Crippen LogP contribution in [0.5, 0.6) is 0 Å². The molecule has 0 fully saturated rings. The second-order valence-corrected chi connectivity index (χ2v) is 4.33. The molecule has 0 rings (SSSR count). The van der Waals surface area contributed by atoms with E-state index in [2.05, 4.69) is 6.92 Å². The van der Waals surface area contributed by atoms with Crippen molar-refractivity contribution in [3.05, 3.63) is 0 Å². The fraction of sp³-hybridized carbons (Fsp3) is 0.933. The van der Waals surface area contributed by atoms with Crippen molar-refractivity contribution in [3.63, 3.8) is 0 Å². The van der Waals surface area contributed by atoms with Crippen molar-refractivity contribution in [3.8, 4) is 0 Å². The molecule has 0 N–H and O–H groups in total. The van der Waals surface area contributed by atoms with Crippen LogP contribution in [-0.4, -0.2) is 72.2 Å². The molecule has 0 aromatic heterocycles. The van der Waals surface area contributed by atoms with Crippen molar-refractivity contribution < 1.29 is 33.2 Å². The van der Waals surface area contributed by atoms with Crippen molar-refractivity contribution in [2.45, 2.75) is 26.7 Å². The summed E-state index contributed by atoms with van der Waals surface area (Å²) in [6.07, 6.45) is 1.40. The average Bonchev–Trinajstić information content (AvgIpc) is 2.52. The Hall–Kier alpha value is -0.890. The third-order valence-electron chi connectivity index (χ3n) is 2.49. The molecule has 0 bridgehead atoms. The van der Waals surface area contributed by atoms with Crippen molar-refractivity contribution in [1.29, 1.82) is 0 Å². The van der Waals surface area contributed by atoms with E-state index in [0.29, 0.717) is 52.9 Å². The monoisotopic (exact) mass is 322 g/mol. The molecule has 0 amide bonds. The minimum Gasteiger partial charge on any atom is -0.432 e. The highest BCUT2D eigenvalue weighted by Crippen LogP contribution is 1.90. The minimum atomic E-state index is -0.698. The lowest BCUT2D eigenvalue weighted by molar-refractivity contribution is -0.00716. The molecule has 0 radical (unpaired) electrons. The van der Waals surface area contributed by atoms with Crippen LogP contribution in [0.25, 0.3) is 0 Å². The molecule has 0 atom stereocenters. The summed E-state index contributed by atoms with van der Waals surface area (Å²) in [4.78, 5) is 11.2. The van der Waals surface area contributed by atoms with E-state index in [4.69, 9.17) is 28.4 Å². The maximum atomic E-state index is 11.2. The number of hydrogen-bond donors (Lipinski definition) is 0. The third kappa shape index (κ3) is 17.2. The first kappa shape index (κ1) is 21.1. The molecule has 0 spiro atoms. The molecule has 0 aliphatic rings. The van der Waals surface area contributed by atoms with Crippen LogP contribution in [0.1, 0.15) is 26.7 Å². The first-order valence-corrected chi connectivity index (χ1v) is 7.91. The summed E-state index contributed by atoms with van der Waals surface area (Å²) in [6, 6.07) is 0. The SMILES string of the molecule is CCCCOCCOC(=O)OCCOCCOCCOCC. The van der Waals surface area contributed by atoms with Gasteiger partial charge in [0.1, 0.15) is 13.2 Å². The van der Waals surface area contributed by atoms with Crippen LogP contribution in [0.15, 0.2) is 0 Å². The van der Waals surface area contributed by atoms with E-state index in [1.54, 1.807) is 0 Å². The summed E-state index contributed by atoms with van der Waals surface area (Å²) in [5.41, 5.74) is 0.